The van der Waals surface area contributed by atoms with Crippen LogP contribution in [0.3, 0.4) is 0 Å². The molecule has 1 aromatic carbocycles. The lowest BCUT2D eigenvalue weighted by atomic mass is 10.2. The number of hydrogen-bond donors (Lipinski definition) is 1. The summed E-state index contributed by atoms with van der Waals surface area (Å²) in [5, 5.41) is 7.05. The molecule has 2 aromatic heterocycles. The Balaban J connectivity index is 1.86. The zero-order valence-corrected chi connectivity index (χ0v) is 14.9. The average Bonchev–Trinajstić information content (AvgIpc) is 3.25. The Morgan fingerprint density at radius 2 is 1.96 bits per heavy atom. The van der Waals surface area contributed by atoms with E-state index in [0.29, 0.717) is 23.0 Å². The predicted molar refractivity (Wildman–Crippen MR) is 91.7 cm³/mol. The van der Waals surface area contributed by atoms with Crippen LogP contribution in [0.4, 0.5) is 0 Å². The third kappa shape index (κ3) is 3.40. The average molecular weight is 363 g/mol. The van der Waals surface area contributed by atoms with Crippen LogP contribution in [-0.2, 0) is 16.3 Å². The second-order valence-corrected chi connectivity index (χ2v) is 8.61. The molecule has 1 unspecified atom stereocenters. The summed E-state index contributed by atoms with van der Waals surface area (Å²) in [4.78, 5) is 5.24. The maximum absolute atomic E-state index is 12.6. The van der Waals surface area contributed by atoms with Crippen LogP contribution in [-0.4, -0.2) is 31.6 Å². The van der Waals surface area contributed by atoms with Gasteiger partial charge in [0.25, 0.3) is 5.89 Å². The van der Waals surface area contributed by atoms with Gasteiger partial charge in [0.05, 0.1) is 9.77 Å². The summed E-state index contributed by atoms with van der Waals surface area (Å²) in [6.07, 6.45) is 0.639. The fourth-order valence-electron chi connectivity index (χ4n) is 2.11. The molecule has 0 aliphatic heterocycles. The molecule has 3 aromatic rings. The molecule has 6 nitrogen and oxygen atoms in total. The molecule has 8 heteroatoms. The Morgan fingerprint density at radius 3 is 2.67 bits per heavy atom. The van der Waals surface area contributed by atoms with Crippen molar-refractivity contribution < 1.29 is 12.9 Å². The number of benzene rings is 1. The van der Waals surface area contributed by atoms with Crippen molar-refractivity contribution in [3.63, 3.8) is 0 Å². The van der Waals surface area contributed by atoms with Gasteiger partial charge in [0.2, 0.25) is 9.84 Å². The van der Waals surface area contributed by atoms with Crippen LogP contribution in [0.2, 0.25) is 0 Å². The van der Waals surface area contributed by atoms with E-state index < -0.39 is 9.84 Å². The Hall–Kier alpha value is -2.03. The first-order valence-corrected chi connectivity index (χ1v) is 9.71. The molecule has 0 radical (unpaired) electrons. The maximum atomic E-state index is 12.6. The molecule has 0 amide bonds. The number of nitrogens with zero attached hydrogens (tertiary/aromatic N) is 2. The molecule has 0 saturated carbocycles. The van der Waals surface area contributed by atoms with Gasteiger partial charge in [-0.3, -0.25) is 0 Å². The van der Waals surface area contributed by atoms with E-state index in [1.54, 1.807) is 42.5 Å². The lowest BCUT2D eigenvalue weighted by molar-refractivity contribution is 0.419. The van der Waals surface area contributed by atoms with Crippen molar-refractivity contribution in [1.82, 2.24) is 15.5 Å². The van der Waals surface area contributed by atoms with E-state index in [4.69, 9.17) is 4.52 Å². The second-order valence-electron chi connectivity index (χ2n) is 5.34. The van der Waals surface area contributed by atoms with Crippen molar-refractivity contribution in [3.05, 3.63) is 48.3 Å². The normalized spacial score (nSPS) is 13.1. The highest BCUT2D eigenvalue weighted by molar-refractivity contribution is 7.93. The van der Waals surface area contributed by atoms with E-state index in [-0.39, 0.29) is 15.1 Å². The fraction of sp³-hybridized carbons (Fsp3) is 0.250. The van der Waals surface area contributed by atoms with E-state index in [9.17, 15) is 8.42 Å². The van der Waals surface area contributed by atoms with Crippen LogP contribution >= 0.6 is 11.3 Å². The molecule has 24 heavy (non-hydrogen) atoms. The van der Waals surface area contributed by atoms with Crippen LogP contribution < -0.4 is 5.32 Å². The smallest absolute Gasteiger partial charge is 0.268 e. The zero-order chi connectivity index (χ0) is 17.2. The van der Waals surface area contributed by atoms with E-state index in [1.165, 1.54) is 0 Å². The number of sulfone groups is 1. The lowest BCUT2D eigenvalue weighted by Crippen LogP contribution is -2.24. The highest BCUT2D eigenvalue weighted by atomic mass is 32.2. The van der Waals surface area contributed by atoms with Crippen molar-refractivity contribution in [2.45, 2.75) is 28.5 Å². The van der Waals surface area contributed by atoms with E-state index >= 15 is 0 Å². The van der Waals surface area contributed by atoms with Gasteiger partial charge < -0.3 is 9.84 Å². The number of rotatable bonds is 6. The highest BCUT2D eigenvalue weighted by Crippen LogP contribution is 2.32. The quantitative estimate of drug-likeness (QED) is 0.725. The van der Waals surface area contributed by atoms with Gasteiger partial charge in [-0.25, -0.2) is 8.42 Å². The SMILES string of the molecule is CNC(C)Cc1noc(-c2ccc(S(=O)(=O)c3ccccc3)s2)n1. The summed E-state index contributed by atoms with van der Waals surface area (Å²) >= 11 is 1.13. The molecule has 0 aliphatic rings. The Labute approximate surface area is 144 Å². The van der Waals surface area contributed by atoms with Crippen molar-refractivity contribution in [2.24, 2.45) is 0 Å². The monoisotopic (exact) mass is 363 g/mol. The summed E-state index contributed by atoms with van der Waals surface area (Å²) in [6, 6.07) is 11.8. The van der Waals surface area contributed by atoms with Crippen LogP contribution in [0.5, 0.6) is 0 Å². The van der Waals surface area contributed by atoms with Gasteiger partial charge >= 0.3 is 0 Å². The molecule has 0 aliphatic carbocycles. The Bertz CT molecular complexity index is 917. The first kappa shape index (κ1) is 16.8. The molecule has 126 valence electrons. The van der Waals surface area contributed by atoms with Gasteiger partial charge in [-0.05, 0) is 38.2 Å². The third-order valence-electron chi connectivity index (χ3n) is 3.56. The van der Waals surface area contributed by atoms with Gasteiger partial charge in [0, 0.05) is 12.5 Å². The molecule has 2 heterocycles. The fourth-order valence-corrected chi connectivity index (χ4v) is 4.76. The van der Waals surface area contributed by atoms with E-state index in [0.717, 1.165) is 11.3 Å². The van der Waals surface area contributed by atoms with Gasteiger partial charge in [-0.1, -0.05) is 23.4 Å². The molecule has 0 fully saturated rings. The number of hydrogen-bond acceptors (Lipinski definition) is 7. The molecular formula is C16H17N3O3S2. The summed E-state index contributed by atoms with van der Waals surface area (Å²) in [6.45, 7) is 2.02. The molecule has 1 N–H and O–H groups in total. The summed E-state index contributed by atoms with van der Waals surface area (Å²) < 4.78 is 30.7. The Morgan fingerprint density at radius 1 is 1.21 bits per heavy atom. The summed E-state index contributed by atoms with van der Waals surface area (Å²) in [5.41, 5.74) is 0. The molecular weight excluding hydrogens is 346 g/mol. The van der Waals surface area contributed by atoms with E-state index in [2.05, 4.69) is 15.5 Å². The van der Waals surface area contributed by atoms with Crippen molar-refractivity contribution in [2.75, 3.05) is 7.05 Å². The minimum Gasteiger partial charge on any atom is -0.333 e. The standard InChI is InChI=1S/C16H17N3O3S2/c1-11(17-2)10-14-18-16(22-19-14)13-8-9-15(23-13)24(20,21)12-6-4-3-5-7-12/h3-9,11,17H,10H2,1-2H3. The van der Waals surface area contributed by atoms with Crippen LogP contribution in [0, 0.1) is 0 Å². The molecule has 0 saturated heterocycles. The zero-order valence-electron chi connectivity index (χ0n) is 13.3. The first-order chi connectivity index (χ1) is 11.5. The first-order valence-electron chi connectivity index (χ1n) is 7.41. The molecule has 1 atom stereocenters. The largest absolute Gasteiger partial charge is 0.333 e. The number of aromatic nitrogens is 2. The van der Waals surface area contributed by atoms with E-state index in [1.807, 2.05) is 14.0 Å². The predicted octanol–water partition coefficient (Wildman–Crippen LogP) is 2.78. The second kappa shape index (κ2) is 6.84. The maximum Gasteiger partial charge on any atom is 0.268 e. The van der Waals surface area contributed by atoms with Crippen LogP contribution in [0.25, 0.3) is 10.8 Å². The molecule has 0 bridgehead atoms. The van der Waals surface area contributed by atoms with Crippen LogP contribution in [0.15, 0.2) is 56.1 Å². The minimum absolute atomic E-state index is 0.229. The molecule has 3 rings (SSSR count). The van der Waals surface area contributed by atoms with Gasteiger partial charge in [0.1, 0.15) is 4.21 Å². The van der Waals surface area contributed by atoms with Crippen LogP contribution in [0.1, 0.15) is 12.7 Å². The molecule has 0 spiro atoms. The third-order valence-corrected chi connectivity index (χ3v) is 6.89. The van der Waals surface area contributed by atoms with Crippen molar-refractivity contribution >= 4 is 21.2 Å². The van der Waals surface area contributed by atoms with Gasteiger partial charge in [-0.2, -0.15) is 4.98 Å². The van der Waals surface area contributed by atoms with Crippen molar-refractivity contribution in [1.29, 1.82) is 0 Å². The minimum atomic E-state index is -3.52. The Kier molecular flexibility index (Phi) is 4.79. The summed E-state index contributed by atoms with van der Waals surface area (Å²) in [7, 11) is -1.66. The van der Waals surface area contributed by atoms with Crippen molar-refractivity contribution in [3.8, 4) is 10.8 Å². The van der Waals surface area contributed by atoms with Gasteiger partial charge in [-0.15, -0.1) is 11.3 Å². The number of likely N-dealkylation sites (N-methyl/N-ethyl adjacent to an activating group) is 1. The summed E-state index contributed by atoms with van der Waals surface area (Å²) in [5.74, 6) is 0.931. The van der Waals surface area contributed by atoms with Gasteiger partial charge in [0.15, 0.2) is 5.82 Å². The number of thiophene rings is 1. The lowest BCUT2D eigenvalue weighted by Gasteiger charge is -2.04. The topological polar surface area (TPSA) is 85.1 Å². The highest BCUT2D eigenvalue weighted by Gasteiger charge is 2.21. The number of nitrogens with one attached hydrogen (secondary N) is 1.